The number of benzene rings is 1. The molecule has 1 aromatic carbocycles. The van der Waals surface area contributed by atoms with Gasteiger partial charge in [0.05, 0.1) is 6.42 Å². The summed E-state index contributed by atoms with van der Waals surface area (Å²) in [6, 6.07) is 9.07. The highest BCUT2D eigenvalue weighted by atomic mass is 19.1. The molecule has 1 aliphatic rings. The van der Waals surface area contributed by atoms with Gasteiger partial charge in [0.25, 0.3) is 0 Å². The highest BCUT2D eigenvalue weighted by Crippen LogP contribution is 2.32. The Labute approximate surface area is 80.8 Å². The van der Waals surface area contributed by atoms with E-state index in [0.717, 1.165) is 5.56 Å². The highest BCUT2D eigenvalue weighted by molar-refractivity contribution is 5.78. The van der Waals surface area contributed by atoms with Crippen LogP contribution in [0, 0.1) is 0 Å². The van der Waals surface area contributed by atoms with Crippen molar-refractivity contribution in [3.05, 3.63) is 35.9 Å². The Hall–Kier alpha value is -1.58. The van der Waals surface area contributed by atoms with Crippen molar-refractivity contribution >= 4 is 5.90 Å². The van der Waals surface area contributed by atoms with Gasteiger partial charge in [0.2, 0.25) is 5.90 Å². The van der Waals surface area contributed by atoms with Crippen molar-refractivity contribution in [2.75, 3.05) is 0 Å². The molecule has 1 saturated heterocycles. The molecule has 1 fully saturated rings. The lowest BCUT2D eigenvalue weighted by Gasteiger charge is -2.11. The van der Waals surface area contributed by atoms with Crippen LogP contribution in [0.3, 0.4) is 0 Å². The van der Waals surface area contributed by atoms with E-state index in [4.69, 9.17) is 9.94 Å². The van der Waals surface area contributed by atoms with Gasteiger partial charge in [-0.15, -0.1) is 0 Å². The molecule has 0 spiro atoms. The Balaban J connectivity index is 2.21. The second kappa shape index (κ2) is 3.65. The van der Waals surface area contributed by atoms with Gasteiger partial charge in [-0.2, -0.15) is 0 Å². The summed E-state index contributed by atoms with van der Waals surface area (Å²) in [6.07, 6.45) is -1.74. The van der Waals surface area contributed by atoms with Crippen LogP contribution in [-0.2, 0) is 4.74 Å². The van der Waals surface area contributed by atoms with E-state index in [2.05, 4.69) is 5.16 Å². The minimum atomic E-state index is -1.14. The zero-order valence-corrected chi connectivity index (χ0v) is 7.43. The molecule has 2 rings (SSSR count). The van der Waals surface area contributed by atoms with E-state index in [-0.39, 0.29) is 12.3 Å². The van der Waals surface area contributed by atoms with Crippen LogP contribution in [0.5, 0.6) is 0 Å². The Morgan fingerprint density at radius 3 is 2.64 bits per heavy atom. The van der Waals surface area contributed by atoms with E-state index < -0.39 is 12.3 Å². The van der Waals surface area contributed by atoms with Gasteiger partial charge < -0.3 is 9.94 Å². The summed E-state index contributed by atoms with van der Waals surface area (Å²) >= 11 is 0. The molecule has 2 atom stereocenters. The van der Waals surface area contributed by atoms with Crippen LogP contribution < -0.4 is 0 Å². The first-order valence-electron chi connectivity index (χ1n) is 4.38. The molecule has 4 heteroatoms. The Bertz CT molecular complexity index is 339. The SMILES string of the molecule is O/N=C1/C[C@@H](F)[C@H](c2ccccc2)O1. The monoisotopic (exact) mass is 195 g/mol. The van der Waals surface area contributed by atoms with Crippen LogP contribution in [0.15, 0.2) is 35.5 Å². The zero-order chi connectivity index (χ0) is 9.97. The van der Waals surface area contributed by atoms with Crippen molar-refractivity contribution in [2.45, 2.75) is 18.7 Å². The summed E-state index contributed by atoms with van der Waals surface area (Å²) < 4.78 is 18.5. The van der Waals surface area contributed by atoms with Crippen LogP contribution in [0.1, 0.15) is 18.1 Å². The maximum absolute atomic E-state index is 13.4. The van der Waals surface area contributed by atoms with Crippen molar-refractivity contribution < 1.29 is 14.3 Å². The van der Waals surface area contributed by atoms with Crippen LogP contribution >= 0.6 is 0 Å². The number of nitrogens with zero attached hydrogens (tertiary/aromatic N) is 1. The number of oxime groups is 1. The quantitative estimate of drug-likeness (QED) is 0.551. The first-order valence-corrected chi connectivity index (χ1v) is 4.38. The molecule has 1 aliphatic heterocycles. The van der Waals surface area contributed by atoms with Gasteiger partial charge in [0.1, 0.15) is 6.17 Å². The average molecular weight is 195 g/mol. The predicted octanol–water partition coefficient (Wildman–Crippen LogP) is 2.27. The molecule has 1 N–H and O–H groups in total. The van der Waals surface area contributed by atoms with Gasteiger partial charge in [0, 0.05) is 0 Å². The van der Waals surface area contributed by atoms with Crippen LogP contribution in [0.2, 0.25) is 0 Å². The molecule has 3 nitrogen and oxygen atoms in total. The third kappa shape index (κ3) is 1.55. The van der Waals surface area contributed by atoms with Gasteiger partial charge >= 0.3 is 0 Å². The average Bonchev–Trinajstić information content (AvgIpc) is 2.61. The van der Waals surface area contributed by atoms with Gasteiger partial charge in [-0.1, -0.05) is 35.5 Å². The third-order valence-electron chi connectivity index (χ3n) is 2.20. The zero-order valence-electron chi connectivity index (χ0n) is 7.43. The van der Waals surface area contributed by atoms with Crippen molar-refractivity contribution in [1.29, 1.82) is 0 Å². The van der Waals surface area contributed by atoms with Crippen molar-refractivity contribution in [3.63, 3.8) is 0 Å². The van der Waals surface area contributed by atoms with Gasteiger partial charge in [-0.3, -0.25) is 0 Å². The highest BCUT2D eigenvalue weighted by Gasteiger charge is 2.34. The molecule has 74 valence electrons. The van der Waals surface area contributed by atoms with Gasteiger partial charge in [0.15, 0.2) is 6.10 Å². The maximum atomic E-state index is 13.4. The van der Waals surface area contributed by atoms with Crippen LogP contribution in [0.4, 0.5) is 4.39 Å². The summed E-state index contributed by atoms with van der Waals surface area (Å²) in [4.78, 5) is 0. The largest absolute Gasteiger partial charge is 0.467 e. The fraction of sp³-hybridized carbons (Fsp3) is 0.300. The Kier molecular flexibility index (Phi) is 2.35. The van der Waals surface area contributed by atoms with E-state index in [9.17, 15) is 4.39 Å². The molecule has 0 aliphatic carbocycles. The molecule has 0 aromatic heterocycles. The van der Waals surface area contributed by atoms with Crippen molar-refractivity contribution in [3.8, 4) is 0 Å². The number of rotatable bonds is 1. The molecule has 0 radical (unpaired) electrons. The maximum Gasteiger partial charge on any atom is 0.229 e. The molecule has 1 aromatic rings. The Morgan fingerprint density at radius 1 is 1.36 bits per heavy atom. The molecule has 0 amide bonds. The molecule has 14 heavy (non-hydrogen) atoms. The van der Waals surface area contributed by atoms with Crippen molar-refractivity contribution in [2.24, 2.45) is 5.16 Å². The number of alkyl halides is 1. The van der Waals surface area contributed by atoms with E-state index in [1.807, 2.05) is 18.2 Å². The second-order valence-corrected chi connectivity index (χ2v) is 3.16. The van der Waals surface area contributed by atoms with Gasteiger partial charge in [-0.05, 0) is 5.56 Å². The number of hydrogen-bond donors (Lipinski definition) is 1. The lowest BCUT2D eigenvalue weighted by molar-refractivity contribution is 0.136. The Morgan fingerprint density at radius 2 is 2.07 bits per heavy atom. The normalized spacial score (nSPS) is 29.1. The summed E-state index contributed by atoms with van der Waals surface area (Å²) in [7, 11) is 0. The summed E-state index contributed by atoms with van der Waals surface area (Å²) in [5.41, 5.74) is 0.763. The fourth-order valence-electron chi connectivity index (χ4n) is 1.53. The van der Waals surface area contributed by atoms with Gasteiger partial charge in [-0.25, -0.2) is 4.39 Å². The summed E-state index contributed by atoms with van der Waals surface area (Å²) in [5, 5.41) is 11.3. The lowest BCUT2D eigenvalue weighted by Crippen LogP contribution is -2.06. The first kappa shape index (κ1) is 8.99. The molecule has 0 saturated carbocycles. The van der Waals surface area contributed by atoms with E-state index >= 15 is 0 Å². The molecule has 0 bridgehead atoms. The predicted molar refractivity (Wildman–Crippen MR) is 49.0 cm³/mol. The van der Waals surface area contributed by atoms with Crippen LogP contribution in [0.25, 0.3) is 0 Å². The minimum Gasteiger partial charge on any atom is -0.467 e. The molecular weight excluding hydrogens is 185 g/mol. The van der Waals surface area contributed by atoms with E-state index in [1.165, 1.54) is 0 Å². The number of hydrogen-bond acceptors (Lipinski definition) is 3. The number of halogens is 1. The summed E-state index contributed by atoms with van der Waals surface area (Å²) in [5.74, 6) is 0.0614. The lowest BCUT2D eigenvalue weighted by atomic mass is 10.1. The molecule has 0 unspecified atom stereocenters. The third-order valence-corrected chi connectivity index (χ3v) is 2.20. The fourth-order valence-corrected chi connectivity index (χ4v) is 1.53. The first-order chi connectivity index (χ1) is 6.81. The van der Waals surface area contributed by atoms with Crippen LogP contribution in [-0.4, -0.2) is 17.3 Å². The molecular formula is C10H10FNO2. The van der Waals surface area contributed by atoms with E-state index in [1.54, 1.807) is 12.1 Å². The van der Waals surface area contributed by atoms with E-state index in [0.29, 0.717) is 0 Å². The standard InChI is InChI=1S/C10H10FNO2/c11-8-6-9(12-13)14-10(8)7-4-2-1-3-5-7/h1-5,8,10,13H,6H2/b12-9-/t8-,10+/m1/s1. The number of ether oxygens (including phenoxy) is 1. The summed E-state index contributed by atoms with van der Waals surface area (Å²) in [6.45, 7) is 0. The smallest absolute Gasteiger partial charge is 0.229 e. The minimum absolute atomic E-state index is 0.0378. The topological polar surface area (TPSA) is 41.8 Å². The molecule has 1 heterocycles. The van der Waals surface area contributed by atoms with Crippen molar-refractivity contribution in [1.82, 2.24) is 0 Å². The second-order valence-electron chi connectivity index (χ2n) is 3.16.